The van der Waals surface area contributed by atoms with Crippen molar-refractivity contribution in [1.82, 2.24) is 10.2 Å². The highest BCUT2D eigenvalue weighted by atomic mass is 32.1. The Bertz CT molecular complexity index is 628. The largest absolute Gasteiger partial charge is 0.354 e. The van der Waals surface area contributed by atoms with E-state index in [4.69, 9.17) is 5.73 Å². The molecular weight excluding hydrogens is 334 g/mol. The zero-order valence-corrected chi connectivity index (χ0v) is 15.9. The number of thiophene rings is 1. The summed E-state index contributed by atoms with van der Waals surface area (Å²) in [7, 11) is 0. The quantitative estimate of drug-likeness (QED) is 0.843. The van der Waals surface area contributed by atoms with E-state index in [0.29, 0.717) is 25.4 Å². The van der Waals surface area contributed by atoms with Gasteiger partial charge in [-0.3, -0.25) is 9.59 Å². The van der Waals surface area contributed by atoms with Crippen LogP contribution in [0, 0.1) is 5.92 Å². The van der Waals surface area contributed by atoms with Crippen LogP contribution >= 0.6 is 11.3 Å². The van der Waals surface area contributed by atoms with Crippen LogP contribution in [0.4, 0.5) is 0 Å². The molecule has 0 saturated carbocycles. The van der Waals surface area contributed by atoms with E-state index in [2.05, 4.69) is 18.3 Å². The third kappa shape index (κ3) is 4.42. The van der Waals surface area contributed by atoms with E-state index >= 15 is 0 Å². The fraction of sp³-hybridized carbons (Fsp3) is 0.684. The lowest BCUT2D eigenvalue weighted by Crippen LogP contribution is -2.49. The topological polar surface area (TPSA) is 75.4 Å². The summed E-state index contributed by atoms with van der Waals surface area (Å²) in [6.07, 6.45) is 6.87. The minimum Gasteiger partial charge on any atom is -0.354 e. The molecule has 3 N–H and O–H groups in total. The van der Waals surface area contributed by atoms with Gasteiger partial charge in [-0.15, -0.1) is 11.3 Å². The van der Waals surface area contributed by atoms with Gasteiger partial charge in [0.15, 0.2) is 0 Å². The van der Waals surface area contributed by atoms with E-state index < -0.39 is 0 Å². The van der Waals surface area contributed by atoms with E-state index in [-0.39, 0.29) is 17.9 Å². The fourth-order valence-electron chi connectivity index (χ4n) is 3.88. The van der Waals surface area contributed by atoms with Gasteiger partial charge in [-0.1, -0.05) is 6.92 Å². The number of hydrogen-bond acceptors (Lipinski definition) is 4. The number of fused-ring (bicyclic) bond motifs is 1. The van der Waals surface area contributed by atoms with E-state index in [9.17, 15) is 9.59 Å². The van der Waals surface area contributed by atoms with Crippen LogP contribution in [0.3, 0.4) is 0 Å². The summed E-state index contributed by atoms with van der Waals surface area (Å²) >= 11 is 1.68. The predicted molar refractivity (Wildman–Crippen MR) is 101 cm³/mol. The molecule has 3 rings (SSSR count). The van der Waals surface area contributed by atoms with Crippen molar-refractivity contribution in [2.75, 3.05) is 19.6 Å². The lowest BCUT2D eigenvalue weighted by Gasteiger charge is -2.35. The Balaban J connectivity index is 1.67. The first kappa shape index (κ1) is 18.4. The Labute approximate surface area is 154 Å². The number of rotatable bonds is 5. The van der Waals surface area contributed by atoms with Crippen molar-refractivity contribution >= 4 is 23.2 Å². The van der Waals surface area contributed by atoms with Crippen molar-refractivity contribution < 1.29 is 9.59 Å². The maximum Gasteiger partial charge on any atom is 0.264 e. The smallest absolute Gasteiger partial charge is 0.264 e. The van der Waals surface area contributed by atoms with Crippen LogP contribution < -0.4 is 11.1 Å². The fourth-order valence-corrected chi connectivity index (χ4v) is 5.05. The van der Waals surface area contributed by atoms with Gasteiger partial charge in [0, 0.05) is 37.0 Å². The van der Waals surface area contributed by atoms with Gasteiger partial charge in [0.25, 0.3) is 5.91 Å². The SMILES string of the molecule is CC1CCc2sc(C(=O)N3CCCCC3CNC(=O)CCN)cc2C1. The summed E-state index contributed by atoms with van der Waals surface area (Å²) in [4.78, 5) is 29.0. The molecule has 25 heavy (non-hydrogen) atoms. The number of aryl methyl sites for hydroxylation is 1. The number of nitrogens with two attached hydrogens (primary N) is 1. The Kier molecular flexibility index (Phi) is 6.12. The summed E-state index contributed by atoms with van der Waals surface area (Å²) in [5, 5.41) is 2.93. The van der Waals surface area contributed by atoms with Crippen LogP contribution in [0.15, 0.2) is 6.07 Å². The van der Waals surface area contributed by atoms with Crippen LogP contribution in [-0.2, 0) is 17.6 Å². The van der Waals surface area contributed by atoms with Crippen molar-refractivity contribution in [3.05, 3.63) is 21.4 Å². The molecule has 2 amide bonds. The molecule has 0 radical (unpaired) electrons. The molecule has 1 saturated heterocycles. The lowest BCUT2D eigenvalue weighted by molar-refractivity contribution is -0.121. The second kappa shape index (κ2) is 8.32. The Morgan fingerprint density at radius 2 is 2.20 bits per heavy atom. The van der Waals surface area contributed by atoms with Gasteiger partial charge in [-0.05, 0) is 56.1 Å². The number of amides is 2. The molecule has 1 aliphatic carbocycles. The summed E-state index contributed by atoms with van der Waals surface area (Å²) in [5.41, 5.74) is 6.80. The molecule has 2 heterocycles. The van der Waals surface area contributed by atoms with E-state index in [1.165, 1.54) is 16.9 Å². The third-order valence-corrected chi connectivity index (χ3v) is 6.56. The van der Waals surface area contributed by atoms with Gasteiger partial charge in [0.1, 0.15) is 0 Å². The summed E-state index contributed by atoms with van der Waals surface area (Å²) in [6.45, 7) is 3.97. The minimum absolute atomic E-state index is 0.0268. The van der Waals surface area contributed by atoms with Crippen molar-refractivity contribution in [1.29, 1.82) is 0 Å². The highest BCUT2D eigenvalue weighted by molar-refractivity contribution is 7.14. The maximum absolute atomic E-state index is 13.1. The first-order chi connectivity index (χ1) is 12.1. The highest BCUT2D eigenvalue weighted by Crippen LogP contribution is 2.33. The molecule has 1 aromatic heterocycles. The number of piperidine rings is 1. The van der Waals surface area contributed by atoms with Crippen molar-refractivity contribution in [3.63, 3.8) is 0 Å². The second-order valence-corrected chi connectivity index (χ2v) is 8.53. The second-order valence-electron chi connectivity index (χ2n) is 7.40. The molecule has 0 bridgehead atoms. The van der Waals surface area contributed by atoms with Gasteiger partial charge >= 0.3 is 0 Å². The monoisotopic (exact) mass is 363 g/mol. The van der Waals surface area contributed by atoms with E-state index in [0.717, 1.165) is 43.5 Å². The molecule has 0 aromatic carbocycles. The molecule has 1 aromatic rings. The van der Waals surface area contributed by atoms with Crippen LogP contribution in [0.25, 0.3) is 0 Å². The summed E-state index contributed by atoms with van der Waals surface area (Å²) < 4.78 is 0. The van der Waals surface area contributed by atoms with Crippen molar-refractivity contribution in [2.24, 2.45) is 11.7 Å². The lowest BCUT2D eigenvalue weighted by atomic mass is 9.90. The van der Waals surface area contributed by atoms with Gasteiger partial charge in [-0.25, -0.2) is 0 Å². The summed E-state index contributed by atoms with van der Waals surface area (Å²) in [6, 6.07) is 2.22. The molecule has 2 atom stereocenters. The van der Waals surface area contributed by atoms with Gasteiger partial charge in [0.2, 0.25) is 5.91 Å². The number of hydrogen-bond donors (Lipinski definition) is 2. The number of carbonyl (C=O) groups excluding carboxylic acids is 2. The molecular formula is C19H29N3O2S. The van der Waals surface area contributed by atoms with Crippen LogP contribution in [0.1, 0.15) is 59.1 Å². The minimum atomic E-state index is -0.0268. The van der Waals surface area contributed by atoms with Crippen LogP contribution in [0.2, 0.25) is 0 Å². The van der Waals surface area contributed by atoms with Gasteiger partial charge in [-0.2, -0.15) is 0 Å². The molecule has 138 valence electrons. The normalized spacial score (nSPS) is 23.2. The average Bonchev–Trinajstić information content (AvgIpc) is 3.03. The molecule has 6 heteroatoms. The highest BCUT2D eigenvalue weighted by Gasteiger charge is 2.30. The zero-order valence-electron chi connectivity index (χ0n) is 15.1. The number of nitrogens with one attached hydrogen (secondary N) is 1. The predicted octanol–water partition coefficient (Wildman–Crippen LogP) is 2.33. The average molecular weight is 364 g/mol. The number of carbonyl (C=O) groups is 2. The van der Waals surface area contributed by atoms with E-state index in [1.54, 1.807) is 11.3 Å². The Morgan fingerprint density at radius 3 is 3.00 bits per heavy atom. The number of likely N-dealkylation sites (tertiary alicyclic amines) is 1. The Hall–Kier alpha value is -1.40. The van der Waals surface area contributed by atoms with Gasteiger partial charge < -0.3 is 16.0 Å². The molecule has 0 spiro atoms. The maximum atomic E-state index is 13.1. The zero-order chi connectivity index (χ0) is 17.8. The van der Waals surface area contributed by atoms with Crippen molar-refractivity contribution in [3.8, 4) is 0 Å². The van der Waals surface area contributed by atoms with E-state index in [1.807, 2.05) is 4.90 Å². The molecule has 2 unspecified atom stereocenters. The van der Waals surface area contributed by atoms with Crippen LogP contribution in [0.5, 0.6) is 0 Å². The first-order valence-corrected chi connectivity index (χ1v) is 10.3. The van der Waals surface area contributed by atoms with Crippen molar-refractivity contribution in [2.45, 2.75) is 57.9 Å². The van der Waals surface area contributed by atoms with Gasteiger partial charge in [0.05, 0.1) is 4.88 Å². The number of nitrogens with zero attached hydrogens (tertiary/aromatic N) is 1. The Morgan fingerprint density at radius 1 is 1.36 bits per heavy atom. The van der Waals surface area contributed by atoms with Crippen LogP contribution in [-0.4, -0.2) is 42.4 Å². The molecule has 5 nitrogen and oxygen atoms in total. The molecule has 1 aliphatic heterocycles. The third-order valence-electron chi connectivity index (χ3n) is 5.33. The molecule has 1 fully saturated rings. The first-order valence-electron chi connectivity index (χ1n) is 9.47. The molecule has 2 aliphatic rings. The summed E-state index contributed by atoms with van der Waals surface area (Å²) in [5.74, 6) is 0.830. The standard InChI is InChI=1S/C19H29N3O2S/c1-13-5-6-16-14(10-13)11-17(25-16)19(24)22-9-3-2-4-15(22)12-21-18(23)7-8-20/h11,13,15H,2-10,12,20H2,1H3,(H,21,23).